The van der Waals surface area contributed by atoms with Gasteiger partial charge in [0.15, 0.2) is 5.65 Å². The third-order valence-electron chi connectivity index (χ3n) is 5.05. The Morgan fingerprint density at radius 2 is 1.59 bits per heavy atom. The van der Waals surface area contributed by atoms with Crippen LogP contribution < -0.4 is 0 Å². The molecule has 140 valence electrons. The molecule has 0 spiro atoms. The highest BCUT2D eigenvalue weighted by Crippen LogP contribution is 2.32. The van der Waals surface area contributed by atoms with Crippen LogP contribution in [0.3, 0.4) is 0 Å². The highest BCUT2D eigenvalue weighted by Gasteiger charge is 2.23. The van der Waals surface area contributed by atoms with E-state index in [1.54, 1.807) is 0 Å². The van der Waals surface area contributed by atoms with E-state index in [0.717, 1.165) is 18.5 Å². The van der Waals surface area contributed by atoms with Crippen LogP contribution in [-0.4, -0.2) is 33.1 Å². The summed E-state index contributed by atoms with van der Waals surface area (Å²) < 4.78 is 34.3. The summed E-state index contributed by atoms with van der Waals surface area (Å²) in [5, 5.41) is 0. The molecule has 0 N–H and O–H groups in total. The Kier molecular flexibility index (Phi) is 4.55. The van der Waals surface area contributed by atoms with Crippen molar-refractivity contribution in [3.63, 3.8) is 0 Å². The number of aryl methyl sites for hydroxylation is 3. The van der Waals surface area contributed by atoms with Gasteiger partial charge in [-0.15, -0.1) is 0 Å². The number of halogens is 2. The minimum absolute atomic E-state index is 0.0800. The summed E-state index contributed by atoms with van der Waals surface area (Å²) in [7, 11) is 0. The molecular formula is C20H20F2N4O. The van der Waals surface area contributed by atoms with Crippen molar-refractivity contribution in [1.82, 2.24) is 19.9 Å². The van der Waals surface area contributed by atoms with Crippen LogP contribution in [-0.2, 0) is 4.74 Å². The second-order valence-corrected chi connectivity index (χ2v) is 6.96. The monoisotopic (exact) mass is 370 g/mol. The Morgan fingerprint density at radius 1 is 0.889 bits per heavy atom. The van der Waals surface area contributed by atoms with Gasteiger partial charge in [0.05, 0.1) is 11.4 Å². The molecule has 1 saturated heterocycles. The van der Waals surface area contributed by atoms with Crippen LogP contribution in [0, 0.1) is 32.4 Å². The Labute approximate surface area is 155 Å². The molecule has 0 atom stereocenters. The first kappa shape index (κ1) is 17.9. The molecular weight excluding hydrogens is 350 g/mol. The molecule has 0 bridgehead atoms. The summed E-state index contributed by atoms with van der Waals surface area (Å²) in [5.41, 5.74) is 2.86. The standard InChI is InChI=1S/C20H20F2N4O/c1-10-8-16(22)14(9-15(10)21)17-18-20(24-12(3)11(2)23-18)26-19(25-17)13-4-6-27-7-5-13/h8-9,13H,4-7H2,1-3H3. The van der Waals surface area contributed by atoms with E-state index in [1.165, 1.54) is 19.1 Å². The van der Waals surface area contributed by atoms with Crippen molar-refractivity contribution in [2.24, 2.45) is 0 Å². The molecule has 5 nitrogen and oxygen atoms in total. The number of benzene rings is 1. The summed E-state index contributed by atoms with van der Waals surface area (Å²) in [6, 6.07) is 2.36. The average molecular weight is 370 g/mol. The third kappa shape index (κ3) is 3.27. The summed E-state index contributed by atoms with van der Waals surface area (Å²) in [6.07, 6.45) is 1.57. The lowest BCUT2D eigenvalue weighted by Gasteiger charge is -2.21. The summed E-state index contributed by atoms with van der Waals surface area (Å²) in [6.45, 7) is 6.47. The summed E-state index contributed by atoms with van der Waals surface area (Å²) in [4.78, 5) is 18.3. The van der Waals surface area contributed by atoms with Crippen LogP contribution in [0.5, 0.6) is 0 Å². The Morgan fingerprint density at radius 3 is 2.33 bits per heavy atom. The molecule has 7 heteroatoms. The molecule has 1 aromatic carbocycles. The Balaban J connectivity index is 1.99. The quantitative estimate of drug-likeness (QED) is 0.677. The first-order valence-corrected chi connectivity index (χ1v) is 9.00. The van der Waals surface area contributed by atoms with E-state index in [1.807, 2.05) is 13.8 Å². The van der Waals surface area contributed by atoms with Crippen LogP contribution >= 0.6 is 0 Å². The lowest BCUT2D eigenvalue weighted by Crippen LogP contribution is -2.17. The minimum Gasteiger partial charge on any atom is -0.381 e. The lowest BCUT2D eigenvalue weighted by molar-refractivity contribution is 0.0836. The van der Waals surface area contributed by atoms with E-state index in [-0.39, 0.29) is 22.7 Å². The molecule has 0 amide bonds. The van der Waals surface area contributed by atoms with Gasteiger partial charge in [-0.3, -0.25) is 0 Å². The average Bonchev–Trinajstić information content (AvgIpc) is 2.66. The first-order chi connectivity index (χ1) is 12.9. The lowest BCUT2D eigenvalue weighted by atomic mass is 9.98. The maximum Gasteiger partial charge on any atom is 0.182 e. The maximum absolute atomic E-state index is 14.7. The molecule has 0 radical (unpaired) electrons. The molecule has 0 aliphatic carbocycles. The van der Waals surface area contributed by atoms with Gasteiger partial charge >= 0.3 is 0 Å². The van der Waals surface area contributed by atoms with E-state index >= 15 is 0 Å². The fourth-order valence-corrected chi connectivity index (χ4v) is 3.28. The third-order valence-corrected chi connectivity index (χ3v) is 5.05. The van der Waals surface area contributed by atoms with Gasteiger partial charge in [-0.2, -0.15) is 0 Å². The minimum atomic E-state index is -0.535. The van der Waals surface area contributed by atoms with E-state index in [2.05, 4.69) is 19.9 Å². The van der Waals surface area contributed by atoms with Crippen molar-refractivity contribution >= 4 is 11.2 Å². The van der Waals surface area contributed by atoms with Crippen molar-refractivity contribution in [3.8, 4) is 11.3 Å². The van der Waals surface area contributed by atoms with Crippen molar-refractivity contribution in [3.05, 3.63) is 46.5 Å². The van der Waals surface area contributed by atoms with Gasteiger partial charge in [0.1, 0.15) is 28.7 Å². The van der Waals surface area contributed by atoms with Crippen LogP contribution in [0.15, 0.2) is 12.1 Å². The van der Waals surface area contributed by atoms with Gasteiger partial charge in [0.25, 0.3) is 0 Å². The fourth-order valence-electron chi connectivity index (χ4n) is 3.28. The highest BCUT2D eigenvalue weighted by molar-refractivity contribution is 5.87. The zero-order chi connectivity index (χ0) is 19.1. The van der Waals surface area contributed by atoms with Gasteiger partial charge in [-0.1, -0.05) is 0 Å². The van der Waals surface area contributed by atoms with Crippen LogP contribution in [0.25, 0.3) is 22.4 Å². The van der Waals surface area contributed by atoms with Crippen molar-refractivity contribution in [2.75, 3.05) is 13.2 Å². The summed E-state index contributed by atoms with van der Waals surface area (Å²) in [5.74, 6) is -0.336. The fraction of sp³-hybridized carbons (Fsp3) is 0.400. The van der Waals surface area contributed by atoms with Crippen LogP contribution in [0.4, 0.5) is 8.78 Å². The highest BCUT2D eigenvalue weighted by atomic mass is 19.1. The summed E-state index contributed by atoms with van der Waals surface area (Å²) >= 11 is 0. The molecule has 1 fully saturated rings. The number of fused-ring (bicyclic) bond motifs is 1. The molecule has 0 saturated carbocycles. The van der Waals surface area contributed by atoms with E-state index in [0.29, 0.717) is 35.9 Å². The molecule has 1 aliphatic rings. The topological polar surface area (TPSA) is 60.8 Å². The number of hydrogen-bond donors (Lipinski definition) is 0. The first-order valence-electron chi connectivity index (χ1n) is 9.00. The number of nitrogens with zero attached hydrogens (tertiary/aromatic N) is 4. The molecule has 4 rings (SSSR count). The van der Waals surface area contributed by atoms with E-state index in [4.69, 9.17) is 4.74 Å². The number of aromatic nitrogens is 4. The Hall–Kier alpha value is -2.54. The normalized spacial score (nSPS) is 15.4. The van der Waals surface area contributed by atoms with Gasteiger partial charge < -0.3 is 4.74 Å². The zero-order valence-electron chi connectivity index (χ0n) is 15.5. The Bertz CT molecular complexity index is 1030. The molecule has 1 aliphatic heterocycles. The molecule has 2 aromatic heterocycles. The van der Waals surface area contributed by atoms with Gasteiger partial charge in [0, 0.05) is 24.7 Å². The SMILES string of the molecule is Cc1cc(F)c(-c2nc(C3CCOCC3)nc3nc(C)c(C)nc23)cc1F. The van der Waals surface area contributed by atoms with Crippen molar-refractivity contribution in [1.29, 1.82) is 0 Å². The second kappa shape index (κ2) is 6.88. The van der Waals surface area contributed by atoms with E-state index < -0.39 is 11.6 Å². The van der Waals surface area contributed by atoms with Crippen LogP contribution in [0.2, 0.25) is 0 Å². The van der Waals surface area contributed by atoms with Gasteiger partial charge in [-0.05, 0) is 51.3 Å². The number of hydrogen-bond acceptors (Lipinski definition) is 5. The molecule has 27 heavy (non-hydrogen) atoms. The number of rotatable bonds is 2. The predicted molar refractivity (Wildman–Crippen MR) is 97.5 cm³/mol. The van der Waals surface area contributed by atoms with Crippen LogP contribution in [0.1, 0.15) is 41.5 Å². The molecule has 3 aromatic rings. The smallest absolute Gasteiger partial charge is 0.182 e. The van der Waals surface area contributed by atoms with Gasteiger partial charge in [-0.25, -0.2) is 28.7 Å². The van der Waals surface area contributed by atoms with E-state index in [9.17, 15) is 8.78 Å². The van der Waals surface area contributed by atoms with Crippen molar-refractivity contribution < 1.29 is 13.5 Å². The largest absolute Gasteiger partial charge is 0.381 e. The second-order valence-electron chi connectivity index (χ2n) is 6.96. The maximum atomic E-state index is 14.7. The molecule has 3 heterocycles. The molecule has 0 unspecified atom stereocenters. The number of ether oxygens (including phenoxy) is 1. The zero-order valence-corrected chi connectivity index (χ0v) is 15.5. The predicted octanol–water partition coefficient (Wildman–Crippen LogP) is 4.18. The van der Waals surface area contributed by atoms with Crippen molar-refractivity contribution in [2.45, 2.75) is 39.5 Å². The van der Waals surface area contributed by atoms with Gasteiger partial charge in [0.2, 0.25) is 0 Å².